The quantitative estimate of drug-likeness (QED) is 0.0978. The van der Waals surface area contributed by atoms with E-state index in [1.54, 1.807) is 0 Å². The van der Waals surface area contributed by atoms with Crippen LogP contribution in [0.3, 0.4) is 0 Å². The summed E-state index contributed by atoms with van der Waals surface area (Å²) in [6.07, 6.45) is 6.62. The second-order valence-electron chi connectivity index (χ2n) is 18.2. The van der Waals surface area contributed by atoms with Gasteiger partial charge in [0.1, 0.15) is 0 Å². The molecule has 1 nitrogen and oxygen atoms in total. The highest BCUT2D eigenvalue weighted by molar-refractivity contribution is 6.33. The van der Waals surface area contributed by atoms with Gasteiger partial charge in [0.2, 0.25) is 0 Å². The van der Waals surface area contributed by atoms with Crippen LogP contribution in [0.4, 0.5) is 17.1 Å². The van der Waals surface area contributed by atoms with Gasteiger partial charge in [-0.1, -0.05) is 220 Å². The summed E-state index contributed by atoms with van der Waals surface area (Å²) >= 11 is 0. The van der Waals surface area contributed by atoms with Gasteiger partial charge in [-0.2, -0.15) is 0 Å². The first-order valence-electron chi connectivity index (χ1n) is 24.1. The number of rotatable bonds is 10. The number of para-hydroxylation sites is 2. The number of nitrogens with zero attached hydrogens (tertiary/aromatic N) is 1. The van der Waals surface area contributed by atoms with Crippen molar-refractivity contribution in [3.8, 4) is 44.5 Å². The van der Waals surface area contributed by atoms with E-state index >= 15 is 0 Å². The van der Waals surface area contributed by atoms with E-state index in [4.69, 9.17) is 0 Å². The first-order valence-corrected chi connectivity index (χ1v) is 24.1. The topological polar surface area (TPSA) is 3.24 Å². The smallest absolute Gasteiger partial charge is 0.0465 e. The van der Waals surface area contributed by atoms with Gasteiger partial charge in [-0.25, -0.2) is 0 Å². The van der Waals surface area contributed by atoms with Crippen molar-refractivity contribution in [2.45, 2.75) is 32.1 Å². The lowest BCUT2D eigenvalue weighted by molar-refractivity contribution is 0.490. The van der Waals surface area contributed by atoms with Crippen LogP contribution < -0.4 is 4.90 Å². The number of hydrogen-bond acceptors (Lipinski definition) is 1. The van der Waals surface area contributed by atoms with E-state index in [0.717, 1.165) is 24.2 Å². The van der Waals surface area contributed by atoms with Crippen LogP contribution in [0.15, 0.2) is 237 Å². The maximum atomic E-state index is 2.46. The monoisotopic (exact) mass is 869 g/mol. The molecule has 0 heterocycles. The van der Waals surface area contributed by atoms with Gasteiger partial charge in [0.15, 0.2) is 0 Å². The minimum Gasteiger partial charge on any atom is -0.310 e. The molecule has 0 saturated carbocycles. The van der Waals surface area contributed by atoms with Gasteiger partial charge in [-0.15, -0.1) is 0 Å². The zero-order chi connectivity index (χ0) is 45.6. The standard InChI is InChI=1S/C67H51N/c1-3-67(4-2)62-43-47(37-41-56(62)57-42-40-53(44-63(57)67)68(51-25-13-7-14-26-51)52-27-15-8-16-28-52)34-33-46-35-38-49(39-36-46)60-45-61(48-21-9-5-10-22-48)65-58-31-19-17-29-54(58)55-30-18-20-32-59(55)66(65)64(60)50-23-11-6-12-24-50/h5-45H,3-4H2,1-2H3/b34-33+. The molecule has 11 aromatic carbocycles. The minimum absolute atomic E-state index is 0.0856. The molecule has 0 fully saturated rings. The van der Waals surface area contributed by atoms with E-state index in [1.807, 2.05) is 0 Å². The highest BCUT2D eigenvalue weighted by atomic mass is 15.1. The fourth-order valence-electron chi connectivity index (χ4n) is 11.4. The van der Waals surface area contributed by atoms with Crippen molar-refractivity contribution >= 4 is 61.5 Å². The molecule has 0 atom stereocenters. The summed E-state index contributed by atoms with van der Waals surface area (Å²) in [4.78, 5) is 2.38. The molecule has 0 amide bonds. The highest BCUT2D eigenvalue weighted by Crippen LogP contribution is 2.55. The van der Waals surface area contributed by atoms with Crippen molar-refractivity contribution in [3.63, 3.8) is 0 Å². The lowest BCUT2D eigenvalue weighted by Crippen LogP contribution is -2.23. The Morgan fingerprint density at radius 2 is 0.794 bits per heavy atom. The Morgan fingerprint density at radius 3 is 1.38 bits per heavy atom. The summed E-state index contributed by atoms with van der Waals surface area (Å²) in [7, 11) is 0. The van der Waals surface area contributed by atoms with E-state index in [0.29, 0.717) is 0 Å². The summed E-state index contributed by atoms with van der Waals surface area (Å²) in [6.45, 7) is 4.72. The van der Waals surface area contributed by atoms with E-state index in [2.05, 4.69) is 267 Å². The van der Waals surface area contributed by atoms with Crippen molar-refractivity contribution in [2.24, 2.45) is 0 Å². The number of anilines is 3. The summed E-state index contributed by atoms with van der Waals surface area (Å²) in [5.74, 6) is 0. The Kier molecular flexibility index (Phi) is 10.4. The van der Waals surface area contributed by atoms with Crippen LogP contribution in [0.1, 0.15) is 48.9 Å². The van der Waals surface area contributed by atoms with Crippen molar-refractivity contribution in [1.82, 2.24) is 0 Å². The molecule has 1 aliphatic carbocycles. The fourth-order valence-corrected chi connectivity index (χ4v) is 11.4. The Labute approximate surface area is 399 Å². The molecular formula is C67H51N. The molecule has 0 unspecified atom stereocenters. The third-order valence-corrected chi connectivity index (χ3v) is 14.7. The molecule has 0 bridgehead atoms. The van der Waals surface area contributed by atoms with Crippen LogP contribution in [-0.2, 0) is 5.41 Å². The molecule has 1 aliphatic rings. The van der Waals surface area contributed by atoms with E-state index in [1.165, 1.54) is 105 Å². The Bertz CT molecular complexity index is 3620. The summed E-state index contributed by atoms with van der Waals surface area (Å²) in [5.41, 5.74) is 18.7. The molecule has 324 valence electrons. The Hall–Kier alpha value is -8.26. The molecule has 11 aromatic rings. The summed E-state index contributed by atoms with van der Waals surface area (Å²) in [5, 5.41) is 7.69. The van der Waals surface area contributed by atoms with Crippen LogP contribution >= 0.6 is 0 Å². The average molecular weight is 870 g/mol. The van der Waals surface area contributed by atoms with Gasteiger partial charge in [0.05, 0.1) is 0 Å². The first kappa shape index (κ1) is 41.2. The molecule has 0 saturated heterocycles. The predicted molar refractivity (Wildman–Crippen MR) is 292 cm³/mol. The first-order chi connectivity index (χ1) is 33.6. The maximum absolute atomic E-state index is 2.46. The molecule has 0 spiro atoms. The van der Waals surface area contributed by atoms with Gasteiger partial charge < -0.3 is 4.90 Å². The molecule has 68 heavy (non-hydrogen) atoms. The second kappa shape index (κ2) is 17.2. The van der Waals surface area contributed by atoms with E-state index < -0.39 is 0 Å². The third kappa shape index (κ3) is 6.85. The zero-order valence-corrected chi connectivity index (χ0v) is 38.5. The van der Waals surface area contributed by atoms with Crippen molar-refractivity contribution in [3.05, 3.63) is 259 Å². The van der Waals surface area contributed by atoms with Gasteiger partial charge in [0, 0.05) is 22.5 Å². The lowest BCUT2D eigenvalue weighted by Gasteiger charge is -2.32. The molecule has 0 radical (unpaired) electrons. The normalized spacial score (nSPS) is 12.7. The van der Waals surface area contributed by atoms with Gasteiger partial charge >= 0.3 is 0 Å². The molecule has 0 N–H and O–H groups in total. The number of benzene rings is 11. The highest BCUT2D eigenvalue weighted by Gasteiger charge is 2.41. The van der Waals surface area contributed by atoms with E-state index in [9.17, 15) is 0 Å². The second-order valence-corrected chi connectivity index (χ2v) is 18.2. The minimum atomic E-state index is -0.0856. The summed E-state index contributed by atoms with van der Waals surface area (Å²) < 4.78 is 0. The Balaban J connectivity index is 0.940. The third-order valence-electron chi connectivity index (χ3n) is 14.7. The lowest BCUT2D eigenvalue weighted by atomic mass is 9.73. The average Bonchev–Trinajstić information content (AvgIpc) is 3.69. The van der Waals surface area contributed by atoms with Crippen molar-refractivity contribution < 1.29 is 0 Å². The number of fused-ring (bicyclic) bond motifs is 9. The SMILES string of the molecule is CCC1(CC)c2cc(/C=C/c3ccc(-c4cc(-c5ccccc5)c5c6ccccc6c6ccccc6c5c4-c4ccccc4)cc3)ccc2-c2ccc(N(c3ccccc3)c3ccccc3)cc21. The van der Waals surface area contributed by atoms with Crippen molar-refractivity contribution in [1.29, 1.82) is 0 Å². The maximum Gasteiger partial charge on any atom is 0.0465 e. The number of hydrogen-bond donors (Lipinski definition) is 0. The van der Waals surface area contributed by atoms with Crippen LogP contribution in [0.2, 0.25) is 0 Å². The van der Waals surface area contributed by atoms with Crippen LogP contribution in [0, 0.1) is 0 Å². The van der Waals surface area contributed by atoms with E-state index in [-0.39, 0.29) is 5.41 Å². The molecule has 0 aromatic heterocycles. The Morgan fingerprint density at radius 1 is 0.338 bits per heavy atom. The molecule has 1 heteroatoms. The van der Waals surface area contributed by atoms with Gasteiger partial charge in [-0.3, -0.25) is 0 Å². The predicted octanol–water partition coefficient (Wildman–Crippen LogP) is 18.9. The zero-order valence-electron chi connectivity index (χ0n) is 38.5. The molecular weight excluding hydrogens is 819 g/mol. The van der Waals surface area contributed by atoms with Crippen LogP contribution in [0.5, 0.6) is 0 Å². The van der Waals surface area contributed by atoms with Crippen molar-refractivity contribution in [2.75, 3.05) is 4.90 Å². The van der Waals surface area contributed by atoms with Crippen LogP contribution in [0.25, 0.3) is 89.0 Å². The van der Waals surface area contributed by atoms with Crippen LogP contribution in [-0.4, -0.2) is 0 Å². The van der Waals surface area contributed by atoms with Gasteiger partial charge in [-0.05, 0) is 154 Å². The largest absolute Gasteiger partial charge is 0.310 e. The van der Waals surface area contributed by atoms with Gasteiger partial charge in [0.25, 0.3) is 0 Å². The fraction of sp³-hybridized carbons (Fsp3) is 0.0746. The molecule has 12 rings (SSSR count). The molecule has 0 aliphatic heterocycles. The summed E-state index contributed by atoms with van der Waals surface area (Å²) in [6, 6.07) is 87.1.